The van der Waals surface area contributed by atoms with Crippen LogP contribution in [0.4, 0.5) is 17.2 Å². The van der Waals surface area contributed by atoms with Crippen molar-refractivity contribution in [1.29, 1.82) is 0 Å². The fraction of sp³-hybridized carbons (Fsp3) is 0. The lowest BCUT2D eigenvalue weighted by atomic mass is 10.2. The number of nitrogens with zero attached hydrogens (tertiary/aromatic N) is 2. The second-order valence-electron chi connectivity index (χ2n) is 4.21. The van der Waals surface area contributed by atoms with Gasteiger partial charge in [-0.15, -0.1) is 0 Å². The summed E-state index contributed by atoms with van der Waals surface area (Å²) in [5.41, 5.74) is 7.90. The van der Waals surface area contributed by atoms with E-state index in [1.54, 1.807) is 18.3 Å². The zero-order valence-electron chi connectivity index (χ0n) is 10.3. The number of fused-ring (bicyclic) bond motifs is 1. The summed E-state index contributed by atoms with van der Waals surface area (Å²) in [7, 11) is 0. The predicted octanol–water partition coefficient (Wildman–Crippen LogP) is 4.26. The van der Waals surface area contributed by atoms with E-state index in [4.69, 9.17) is 28.9 Å². The normalized spacial score (nSPS) is 10.7. The highest BCUT2D eigenvalue weighted by molar-refractivity contribution is 6.35. The second kappa shape index (κ2) is 5.15. The number of halogens is 2. The van der Waals surface area contributed by atoms with E-state index in [1.165, 1.54) is 6.20 Å². The molecule has 0 aliphatic heterocycles. The van der Waals surface area contributed by atoms with Gasteiger partial charge in [0.15, 0.2) is 5.82 Å². The summed E-state index contributed by atoms with van der Waals surface area (Å²) in [6.45, 7) is 0. The minimum Gasteiger partial charge on any atom is -0.396 e. The number of aromatic nitrogens is 2. The molecule has 0 aliphatic carbocycles. The molecule has 100 valence electrons. The fourth-order valence-electron chi connectivity index (χ4n) is 1.93. The Morgan fingerprint density at radius 2 is 1.95 bits per heavy atom. The van der Waals surface area contributed by atoms with Crippen LogP contribution in [0.3, 0.4) is 0 Å². The number of benzene rings is 1. The van der Waals surface area contributed by atoms with Gasteiger partial charge in [0, 0.05) is 17.8 Å². The van der Waals surface area contributed by atoms with Crippen LogP contribution in [0.25, 0.3) is 10.9 Å². The summed E-state index contributed by atoms with van der Waals surface area (Å²) in [6, 6.07) is 9.04. The Morgan fingerprint density at radius 1 is 1.10 bits per heavy atom. The van der Waals surface area contributed by atoms with Crippen molar-refractivity contribution in [2.24, 2.45) is 0 Å². The Labute approximate surface area is 125 Å². The first-order chi connectivity index (χ1) is 9.65. The summed E-state index contributed by atoms with van der Waals surface area (Å²) >= 11 is 12.0. The van der Waals surface area contributed by atoms with Crippen molar-refractivity contribution in [3.8, 4) is 0 Å². The van der Waals surface area contributed by atoms with Gasteiger partial charge in [0.1, 0.15) is 0 Å². The lowest BCUT2D eigenvalue weighted by Gasteiger charge is -2.11. The summed E-state index contributed by atoms with van der Waals surface area (Å²) in [6.07, 6.45) is 3.24. The molecule has 4 nitrogen and oxygen atoms in total. The Kier molecular flexibility index (Phi) is 3.34. The predicted molar refractivity (Wildman–Crippen MR) is 83.7 cm³/mol. The maximum Gasteiger partial charge on any atom is 0.153 e. The topological polar surface area (TPSA) is 63.8 Å². The van der Waals surface area contributed by atoms with Gasteiger partial charge in [0.25, 0.3) is 0 Å². The van der Waals surface area contributed by atoms with Crippen molar-refractivity contribution in [3.05, 3.63) is 52.8 Å². The zero-order chi connectivity index (χ0) is 14.1. The molecule has 0 amide bonds. The maximum absolute atomic E-state index is 6.16. The first-order valence-electron chi connectivity index (χ1n) is 5.86. The van der Waals surface area contributed by atoms with Crippen LogP contribution < -0.4 is 11.1 Å². The highest BCUT2D eigenvalue weighted by Crippen LogP contribution is 2.31. The minimum absolute atomic E-state index is 0.469. The van der Waals surface area contributed by atoms with Crippen LogP contribution in [0.15, 0.2) is 42.7 Å². The number of anilines is 3. The van der Waals surface area contributed by atoms with Crippen molar-refractivity contribution in [2.45, 2.75) is 0 Å². The van der Waals surface area contributed by atoms with Gasteiger partial charge in [-0.2, -0.15) is 0 Å². The smallest absolute Gasteiger partial charge is 0.153 e. The Hall–Kier alpha value is -2.04. The molecule has 1 aromatic carbocycles. The van der Waals surface area contributed by atoms with Crippen molar-refractivity contribution in [3.63, 3.8) is 0 Å². The van der Waals surface area contributed by atoms with E-state index in [-0.39, 0.29) is 0 Å². The number of rotatable bonds is 2. The van der Waals surface area contributed by atoms with E-state index in [2.05, 4.69) is 15.3 Å². The molecule has 3 rings (SSSR count). The SMILES string of the molecule is Nc1cc(Cl)cnc1Nc1ccc(Cl)c2cccnc12. The highest BCUT2D eigenvalue weighted by atomic mass is 35.5. The van der Waals surface area contributed by atoms with E-state index >= 15 is 0 Å². The number of hydrogen-bond acceptors (Lipinski definition) is 4. The van der Waals surface area contributed by atoms with Crippen LogP contribution >= 0.6 is 23.2 Å². The molecule has 0 saturated heterocycles. The molecule has 0 fully saturated rings. The molecular formula is C14H10Cl2N4. The van der Waals surface area contributed by atoms with Crippen molar-refractivity contribution >= 4 is 51.3 Å². The van der Waals surface area contributed by atoms with Crippen LogP contribution in [0.5, 0.6) is 0 Å². The van der Waals surface area contributed by atoms with Crippen molar-refractivity contribution in [2.75, 3.05) is 11.1 Å². The molecule has 2 heterocycles. The van der Waals surface area contributed by atoms with E-state index < -0.39 is 0 Å². The zero-order valence-corrected chi connectivity index (χ0v) is 11.8. The molecule has 0 bridgehead atoms. The minimum atomic E-state index is 0.469. The van der Waals surface area contributed by atoms with E-state index in [9.17, 15) is 0 Å². The summed E-state index contributed by atoms with van der Waals surface area (Å²) in [4.78, 5) is 8.52. The number of hydrogen-bond donors (Lipinski definition) is 2. The van der Waals surface area contributed by atoms with Crippen LogP contribution in [-0.4, -0.2) is 9.97 Å². The van der Waals surface area contributed by atoms with Crippen molar-refractivity contribution < 1.29 is 0 Å². The molecule has 0 saturated carbocycles. The lowest BCUT2D eigenvalue weighted by molar-refractivity contribution is 1.31. The van der Waals surface area contributed by atoms with E-state index in [1.807, 2.05) is 18.2 Å². The van der Waals surface area contributed by atoms with Crippen LogP contribution in [0.2, 0.25) is 10.0 Å². The number of pyridine rings is 2. The Morgan fingerprint density at radius 3 is 2.75 bits per heavy atom. The van der Waals surface area contributed by atoms with Gasteiger partial charge >= 0.3 is 0 Å². The highest BCUT2D eigenvalue weighted by Gasteiger charge is 2.08. The van der Waals surface area contributed by atoms with Gasteiger partial charge in [0.05, 0.1) is 26.9 Å². The Bertz CT molecular complexity index is 789. The molecule has 6 heteroatoms. The molecule has 0 unspecified atom stereocenters. The van der Waals surface area contributed by atoms with Gasteiger partial charge in [-0.05, 0) is 30.3 Å². The number of nitrogens with one attached hydrogen (secondary N) is 1. The van der Waals surface area contributed by atoms with Crippen molar-refractivity contribution in [1.82, 2.24) is 9.97 Å². The monoisotopic (exact) mass is 304 g/mol. The molecule has 0 spiro atoms. The molecule has 3 aromatic rings. The second-order valence-corrected chi connectivity index (χ2v) is 5.05. The van der Waals surface area contributed by atoms with Gasteiger partial charge in [0.2, 0.25) is 0 Å². The standard InChI is InChI=1S/C14H10Cl2N4/c15-8-6-11(17)14(19-7-8)20-12-4-3-10(16)9-2-1-5-18-13(9)12/h1-7H,17H2,(H,19,20). The molecule has 0 radical (unpaired) electrons. The first-order valence-corrected chi connectivity index (χ1v) is 6.62. The average Bonchev–Trinajstić information content (AvgIpc) is 2.45. The van der Waals surface area contributed by atoms with Crippen LogP contribution in [0.1, 0.15) is 0 Å². The summed E-state index contributed by atoms with van der Waals surface area (Å²) in [5.74, 6) is 0.531. The third-order valence-electron chi connectivity index (χ3n) is 2.85. The van der Waals surface area contributed by atoms with E-state index in [0.29, 0.717) is 21.6 Å². The Balaban J connectivity index is 2.09. The molecule has 20 heavy (non-hydrogen) atoms. The van der Waals surface area contributed by atoms with Gasteiger partial charge in [-0.3, -0.25) is 4.98 Å². The molecule has 0 atom stereocenters. The maximum atomic E-state index is 6.16. The average molecular weight is 305 g/mol. The molecule has 2 aromatic heterocycles. The third-order valence-corrected chi connectivity index (χ3v) is 3.39. The lowest BCUT2D eigenvalue weighted by Crippen LogP contribution is -2.00. The quantitative estimate of drug-likeness (QED) is 0.742. The largest absolute Gasteiger partial charge is 0.396 e. The van der Waals surface area contributed by atoms with Gasteiger partial charge in [-0.1, -0.05) is 23.2 Å². The van der Waals surface area contributed by atoms with E-state index in [0.717, 1.165) is 16.6 Å². The van der Waals surface area contributed by atoms with Gasteiger partial charge < -0.3 is 11.1 Å². The van der Waals surface area contributed by atoms with Gasteiger partial charge in [-0.25, -0.2) is 4.98 Å². The summed E-state index contributed by atoms with van der Waals surface area (Å²) < 4.78 is 0. The van der Waals surface area contributed by atoms with Crippen LogP contribution in [-0.2, 0) is 0 Å². The fourth-order valence-corrected chi connectivity index (χ4v) is 2.31. The molecule has 3 N–H and O–H groups in total. The number of nitrogens with two attached hydrogens (primary N) is 1. The van der Waals surface area contributed by atoms with Crippen LogP contribution in [0, 0.1) is 0 Å². The first kappa shape index (κ1) is 13.0. The third kappa shape index (κ3) is 2.35. The molecule has 0 aliphatic rings. The molecular weight excluding hydrogens is 295 g/mol. The summed E-state index contributed by atoms with van der Waals surface area (Å²) in [5, 5.41) is 5.16. The number of nitrogen functional groups attached to an aromatic ring is 1.